The van der Waals surface area contributed by atoms with Gasteiger partial charge in [0.15, 0.2) is 0 Å². The number of rotatable bonds is 7. The molecule has 3 N–H and O–H groups in total. The Labute approximate surface area is 169 Å². The van der Waals surface area contributed by atoms with Gasteiger partial charge >= 0.3 is 0 Å². The van der Waals surface area contributed by atoms with Crippen molar-refractivity contribution >= 4 is 17.5 Å². The van der Waals surface area contributed by atoms with Gasteiger partial charge in [0, 0.05) is 24.9 Å². The Kier molecular flexibility index (Phi) is 6.95. The van der Waals surface area contributed by atoms with Gasteiger partial charge in [-0.15, -0.1) is 0 Å². The SMILES string of the molecule is COCC1(C(=O)NCc2cccc(NC(=O)c3ccc(F)cc3)c2)CCNCC1. The summed E-state index contributed by atoms with van der Waals surface area (Å²) in [6, 6.07) is 12.6. The molecule has 0 bridgehead atoms. The number of piperidine rings is 1. The van der Waals surface area contributed by atoms with Crippen molar-refractivity contribution in [3.8, 4) is 0 Å². The highest BCUT2D eigenvalue weighted by Gasteiger charge is 2.39. The lowest BCUT2D eigenvalue weighted by Gasteiger charge is -2.35. The molecular formula is C22H26FN3O3. The molecule has 7 heteroatoms. The minimum absolute atomic E-state index is 0.0124. The molecule has 6 nitrogen and oxygen atoms in total. The normalized spacial score (nSPS) is 15.5. The third-order valence-electron chi connectivity index (χ3n) is 5.21. The minimum Gasteiger partial charge on any atom is -0.384 e. The maximum Gasteiger partial charge on any atom is 0.255 e. The van der Waals surface area contributed by atoms with Crippen molar-refractivity contribution in [3.63, 3.8) is 0 Å². The summed E-state index contributed by atoms with van der Waals surface area (Å²) in [5.41, 5.74) is 1.35. The average Bonchev–Trinajstić information content (AvgIpc) is 2.73. The maximum atomic E-state index is 13.0. The van der Waals surface area contributed by atoms with Gasteiger partial charge in [-0.3, -0.25) is 9.59 Å². The Balaban J connectivity index is 1.61. The van der Waals surface area contributed by atoms with Crippen LogP contribution in [0.3, 0.4) is 0 Å². The smallest absolute Gasteiger partial charge is 0.255 e. The van der Waals surface area contributed by atoms with Crippen molar-refractivity contribution in [1.82, 2.24) is 10.6 Å². The Bertz CT molecular complexity index is 843. The number of anilines is 1. The van der Waals surface area contributed by atoms with E-state index < -0.39 is 5.41 Å². The number of carbonyl (C=O) groups excluding carboxylic acids is 2. The molecule has 2 aromatic carbocycles. The standard InChI is InChI=1S/C22H26FN3O3/c1-29-15-22(9-11-24-12-10-22)21(28)25-14-16-3-2-4-19(13-16)26-20(27)17-5-7-18(23)8-6-17/h2-8,13,24H,9-12,14-15H2,1H3,(H,25,28)(H,26,27). The second-order valence-electron chi connectivity index (χ2n) is 7.31. The Hall–Kier alpha value is -2.77. The minimum atomic E-state index is -0.506. The highest BCUT2D eigenvalue weighted by molar-refractivity contribution is 6.04. The monoisotopic (exact) mass is 399 g/mol. The molecule has 1 aliphatic rings. The Morgan fingerprint density at radius 2 is 1.86 bits per heavy atom. The second-order valence-corrected chi connectivity index (χ2v) is 7.31. The van der Waals surface area contributed by atoms with Crippen LogP contribution in [-0.4, -0.2) is 38.6 Å². The van der Waals surface area contributed by atoms with Crippen molar-refractivity contribution < 1.29 is 18.7 Å². The summed E-state index contributed by atoms with van der Waals surface area (Å²) in [5, 5.41) is 9.08. The zero-order valence-corrected chi connectivity index (χ0v) is 16.5. The third kappa shape index (κ3) is 5.40. The lowest BCUT2D eigenvalue weighted by atomic mass is 9.78. The molecule has 1 heterocycles. The zero-order valence-electron chi connectivity index (χ0n) is 16.5. The molecule has 0 saturated carbocycles. The number of hydrogen-bond acceptors (Lipinski definition) is 4. The van der Waals surface area contributed by atoms with E-state index in [0.29, 0.717) is 24.4 Å². The number of carbonyl (C=O) groups is 2. The Morgan fingerprint density at radius 3 is 2.55 bits per heavy atom. The summed E-state index contributed by atoms with van der Waals surface area (Å²) in [7, 11) is 1.62. The predicted octanol–water partition coefficient (Wildman–Crippen LogP) is 2.71. The predicted molar refractivity (Wildman–Crippen MR) is 109 cm³/mol. The number of methoxy groups -OCH3 is 1. The first-order chi connectivity index (χ1) is 14.0. The van der Waals surface area contributed by atoms with Crippen LogP contribution in [0.25, 0.3) is 0 Å². The highest BCUT2D eigenvalue weighted by atomic mass is 19.1. The molecule has 2 aromatic rings. The van der Waals surface area contributed by atoms with Gasteiger partial charge in [0.1, 0.15) is 5.82 Å². The van der Waals surface area contributed by atoms with E-state index in [9.17, 15) is 14.0 Å². The number of halogens is 1. The van der Waals surface area contributed by atoms with Gasteiger partial charge in [0.05, 0.1) is 12.0 Å². The van der Waals surface area contributed by atoms with Gasteiger partial charge in [0.25, 0.3) is 5.91 Å². The van der Waals surface area contributed by atoms with E-state index in [-0.39, 0.29) is 17.6 Å². The first kappa shape index (κ1) is 21.0. The van der Waals surface area contributed by atoms with Crippen LogP contribution in [0.2, 0.25) is 0 Å². The van der Waals surface area contributed by atoms with E-state index in [1.54, 1.807) is 13.2 Å². The van der Waals surface area contributed by atoms with Crippen LogP contribution < -0.4 is 16.0 Å². The van der Waals surface area contributed by atoms with Crippen LogP contribution in [0.4, 0.5) is 10.1 Å². The first-order valence-electron chi connectivity index (χ1n) is 9.66. The van der Waals surface area contributed by atoms with Gasteiger partial charge in [-0.2, -0.15) is 0 Å². The molecule has 1 aliphatic heterocycles. The van der Waals surface area contributed by atoms with Crippen molar-refractivity contribution in [2.45, 2.75) is 19.4 Å². The molecule has 0 aromatic heterocycles. The van der Waals surface area contributed by atoms with Crippen LogP contribution in [0.5, 0.6) is 0 Å². The van der Waals surface area contributed by atoms with E-state index >= 15 is 0 Å². The molecule has 154 valence electrons. The molecule has 0 aliphatic carbocycles. The number of nitrogens with one attached hydrogen (secondary N) is 3. The lowest BCUT2D eigenvalue weighted by Crippen LogP contribution is -2.49. The fourth-order valence-electron chi connectivity index (χ4n) is 3.55. The van der Waals surface area contributed by atoms with E-state index in [2.05, 4.69) is 16.0 Å². The molecule has 0 radical (unpaired) electrons. The molecule has 0 spiro atoms. The molecular weight excluding hydrogens is 373 g/mol. The molecule has 29 heavy (non-hydrogen) atoms. The summed E-state index contributed by atoms with van der Waals surface area (Å²) in [6.45, 7) is 2.34. The molecule has 1 fully saturated rings. The number of hydrogen-bond donors (Lipinski definition) is 3. The lowest BCUT2D eigenvalue weighted by molar-refractivity contribution is -0.136. The number of benzene rings is 2. The topological polar surface area (TPSA) is 79.5 Å². The molecule has 0 unspecified atom stereocenters. The van der Waals surface area contributed by atoms with Crippen molar-refractivity contribution in [1.29, 1.82) is 0 Å². The molecule has 3 rings (SSSR count). The summed E-state index contributed by atoms with van der Waals surface area (Å²) < 4.78 is 18.3. The number of amides is 2. The summed E-state index contributed by atoms with van der Waals surface area (Å²) in [6.07, 6.45) is 1.47. The van der Waals surface area contributed by atoms with Gasteiger partial charge in [-0.05, 0) is 67.9 Å². The molecule has 0 atom stereocenters. The number of ether oxygens (including phenoxy) is 1. The zero-order chi connectivity index (χ0) is 20.7. The summed E-state index contributed by atoms with van der Waals surface area (Å²) in [4.78, 5) is 25.1. The van der Waals surface area contributed by atoms with E-state index in [1.165, 1.54) is 24.3 Å². The van der Waals surface area contributed by atoms with Gasteiger partial charge in [-0.25, -0.2) is 4.39 Å². The van der Waals surface area contributed by atoms with E-state index in [1.807, 2.05) is 18.2 Å². The van der Waals surface area contributed by atoms with Gasteiger partial charge in [0.2, 0.25) is 5.91 Å². The summed E-state index contributed by atoms with van der Waals surface area (Å²) >= 11 is 0. The van der Waals surface area contributed by atoms with Crippen molar-refractivity contribution in [3.05, 3.63) is 65.5 Å². The first-order valence-corrected chi connectivity index (χ1v) is 9.66. The van der Waals surface area contributed by atoms with E-state index in [4.69, 9.17) is 4.74 Å². The fraction of sp³-hybridized carbons (Fsp3) is 0.364. The van der Waals surface area contributed by atoms with Gasteiger partial charge in [-0.1, -0.05) is 12.1 Å². The van der Waals surface area contributed by atoms with Gasteiger partial charge < -0.3 is 20.7 Å². The van der Waals surface area contributed by atoms with E-state index in [0.717, 1.165) is 31.5 Å². The highest BCUT2D eigenvalue weighted by Crippen LogP contribution is 2.29. The second kappa shape index (κ2) is 9.62. The maximum absolute atomic E-state index is 13.0. The van der Waals surface area contributed by atoms with Crippen molar-refractivity contribution in [2.75, 3.05) is 32.1 Å². The van der Waals surface area contributed by atoms with Crippen LogP contribution in [-0.2, 0) is 16.1 Å². The van der Waals surface area contributed by atoms with Crippen LogP contribution in [0.1, 0.15) is 28.8 Å². The fourth-order valence-corrected chi connectivity index (χ4v) is 3.55. The quantitative estimate of drug-likeness (QED) is 0.669. The molecule has 1 saturated heterocycles. The third-order valence-corrected chi connectivity index (χ3v) is 5.21. The van der Waals surface area contributed by atoms with Crippen LogP contribution >= 0.6 is 0 Å². The van der Waals surface area contributed by atoms with Crippen LogP contribution in [0, 0.1) is 11.2 Å². The van der Waals surface area contributed by atoms with Crippen LogP contribution in [0.15, 0.2) is 48.5 Å². The summed E-state index contributed by atoms with van der Waals surface area (Å²) in [5.74, 6) is -0.721. The Morgan fingerprint density at radius 1 is 1.14 bits per heavy atom. The largest absolute Gasteiger partial charge is 0.384 e. The van der Waals surface area contributed by atoms with Crippen molar-refractivity contribution in [2.24, 2.45) is 5.41 Å². The molecule has 2 amide bonds. The average molecular weight is 399 g/mol.